The molecule has 0 aromatic heterocycles. The lowest BCUT2D eigenvalue weighted by atomic mass is 9.99. The van der Waals surface area contributed by atoms with E-state index >= 15 is 0 Å². The van der Waals surface area contributed by atoms with Gasteiger partial charge >= 0.3 is 6.09 Å². The summed E-state index contributed by atoms with van der Waals surface area (Å²) in [5.74, 6) is -3.37. The Labute approximate surface area is 140 Å². The molecule has 1 amide bonds. The molecule has 0 heterocycles. The van der Waals surface area contributed by atoms with E-state index in [1.54, 1.807) is 33.8 Å². The lowest BCUT2D eigenvalue weighted by Gasteiger charge is -2.24. The minimum Gasteiger partial charge on any atom is -0.444 e. The van der Waals surface area contributed by atoms with Crippen LogP contribution in [0.4, 0.5) is 13.6 Å². The van der Waals surface area contributed by atoms with E-state index in [1.807, 2.05) is 0 Å². The van der Waals surface area contributed by atoms with Crippen molar-refractivity contribution in [1.29, 1.82) is 0 Å². The first kappa shape index (κ1) is 19.5. The van der Waals surface area contributed by atoms with Gasteiger partial charge in [-0.2, -0.15) is 8.78 Å². The van der Waals surface area contributed by atoms with Gasteiger partial charge in [-0.15, -0.1) is 0 Å². The maximum absolute atomic E-state index is 14.6. The van der Waals surface area contributed by atoms with Crippen LogP contribution in [-0.2, 0) is 10.7 Å². The summed E-state index contributed by atoms with van der Waals surface area (Å²) in [6.45, 7) is 10.1. The molecule has 0 radical (unpaired) electrons. The molecule has 1 N–H and O–H groups in total. The van der Waals surface area contributed by atoms with E-state index in [1.165, 1.54) is 30.5 Å². The zero-order valence-electron chi connectivity index (χ0n) is 14.3. The van der Waals surface area contributed by atoms with E-state index in [-0.39, 0.29) is 11.3 Å². The fraction of sp³-hybridized carbons (Fsp3) is 0.333. The van der Waals surface area contributed by atoms with Crippen LogP contribution in [0.3, 0.4) is 0 Å². The Morgan fingerprint density at radius 1 is 1.25 bits per heavy atom. The predicted molar refractivity (Wildman–Crippen MR) is 91.1 cm³/mol. The monoisotopic (exact) mass is 336 g/mol. The van der Waals surface area contributed by atoms with Crippen LogP contribution in [0.15, 0.2) is 59.4 Å². The molecule has 0 spiro atoms. The van der Waals surface area contributed by atoms with Crippen LogP contribution in [0, 0.1) is 0 Å². The lowest BCUT2D eigenvalue weighted by Crippen LogP contribution is -2.34. The van der Waals surface area contributed by atoms with Crippen molar-refractivity contribution in [2.45, 2.75) is 39.2 Å². The Morgan fingerprint density at radius 3 is 2.33 bits per heavy atom. The average molecular weight is 336 g/mol. The molecule has 0 saturated heterocycles. The first-order valence-electron chi connectivity index (χ1n) is 7.39. The van der Waals surface area contributed by atoms with Crippen molar-refractivity contribution in [3.63, 3.8) is 0 Å². The van der Waals surface area contributed by atoms with Gasteiger partial charge in [0.05, 0.1) is 11.9 Å². The number of benzene rings is 1. The van der Waals surface area contributed by atoms with Gasteiger partial charge in [0.1, 0.15) is 5.60 Å². The van der Waals surface area contributed by atoms with Gasteiger partial charge in [-0.25, -0.2) is 4.79 Å². The molecular formula is C18H22F2N2O2. The quantitative estimate of drug-likeness (QED) is 0.621. The van der Waals surface area contributed by atoms with Crippen LogP contribution in [0.2, 0.25) is 0 Å². The number of halogens is 2. The van der Waals surface area contributed by atoms with E-state index in [4.69, 9.17) is 4.74 Å². The number of hydrogen-bond donors (Lipinski definition) is 1. The first-order chi connectivity index (χ1) is 11.1. The third-order valence-electron chi connectivity index (χ3n) is 2.83. The molecule has 0 aliphatic carbocycles. The largest absolute Gasteiger partial charge is 0.444 e. The number of allylic oxidation sites excluding steroid dienone is 1. The van der Waals surface area contributed by atoms with Crippen LogP contribution in [0.5, 0.6) is 0 Å². The van der Waals surface area contributed by atoms with Crippen molar-refractivity contribution in [1.82, 2.24) is 5.32 Å². The molecule has 0 atom stereocenters. The Hall–Kier alpha value is -2.50. The molecular weight excluding hydrogens is 314 g/mol. The van der Waals surface area contributed by atoms with Crippen LogP contribution in [0.25, 0.3) is 0 Å². The number of nitrogens with zero attached hydrogens (tertiary/aromatic N) is 1. The number of alkyl carbamates (subject to hydrolysis) is 1. The molecule has 6 heteroatoms. The maximum Gasteiger partial charge on any atom is 0.412 e. The second kappa shape index (κ2) is 7.86. The van der Waals surface area contributed by atoms with Crippen LogP contribution in [0.1, 0.15) is 33.3 Å². The number of hydrogen-bond acceptors (Lipinski definition) is 3. The van der Waals surface area contributed by atoms with Gasteiger partial charge in [0, 0.05) is 17.4 Å². The molecule has 130 valence electrons. The molecule has 0 aliphatic heterocycles. The molecule has 0 unspecified atom stereocenters. The molecule has 4 nitrogen and oxygen atoms in total. The summed E-state index contributed by atoms with van der Waals surface area (Å²) < 4.78 is 34.3. The lowest BCUT2D eigenvalue weighted by molar-refractivity contribution is 0.0381. The van der Waals surface area contributed by atoms with Crippen molar-refractivity contribution < 1.29 is 18.3 Å². The molecule has 24 heavy (non-hydrogen) atoms. The third-order valence-corrected chi connectivity index (χ3v) is 2.83. The van der Waals surface area contributed by atoms with Crippen molar-refractivity contribution in [3.05, 3.63) is 59.9 Å². The predicted octanol–water partition coefficient (Wildman–Crippen LogP) is 4.79. The minimum absolute atomic E-state index is 0.212. The van der Waals surface area contributed by atoms with Crippen LogP contribution in [-0.4, -0.2) is 17.9 Å². The molecule has 1 aromatic carbocycles. The van der Waals surface area contributed by atoms with Crippen molar-refractivity contribution in [2.75, 3.05) is 0 Å². The van der Waals surface area contributed by atoms with E-state index in [0.29, 0.717) is 0 Å². The highest BCUT2D eigenvalue weighted by molar-refractivity contribution is 5.71. The smallest absolute Gasteiger partial charge is 0.412 e. The van der Waals surface area contributed by atoms with Gasteiger partial charge in [0.25, 0.3) is 5.92 Å². The summed E-state index contributed by atoms with van der Waals surface area (Å²) in [5.41, 5.74) is -1.78. The van der Waals surface area contributed by atoms with E-state index in [2.05, 4.69) is 16.9 Å². The van der Waals surface area contributed by atoms with Crippen LogP contribution < -0.4 is 5.32 Å². The number of carbonyl (C=O) groups is 1. The van der Waals surface area contributed by atoms with Crippen molar-refractivity contribution >= 4 is 12.3 Å². The number of ether oxygens (including phenoxy) is 1. The summed E-state index contributed by atoms with van der Waals surface area (Å²) >= 11 is 0. The molecule has 0 bridgehead atoms. The molecule has 0 aliphatic rings. The molecule has 1 aromatic rings. The molecule has 0 saturated carbocycles. The van der Waals surface area contributed by atoms with Gasteiger partial charge in [-0.05, 0) is 27.7 Å². The number of carbonyl (C=O) groups excluding carboxylic acids is 1. The van der Waals surface area contributed by atoms with E-state index < -0.39 is 23.2 Å². The topological polar surface area (TPSA) is 50.7 Å². The Bertz CT molecular complexity index is 645. The first-order valence-corrected chi connectivity index (χ1v) is 7.39. The summed E-state index contributed by atoms with van der Waals surface area (Å²) in [6, 6.07) is 7.23. The number of nitrogens with one attached hydrogen (secondary N) is 1. The molecule has 0 fully saturated rings. The SMILES string of the molecule is C=C(/C(=C\N=CC)NC(=O)OC(C)(C)C)C(F)(F)c1ccccc1. The summed E-state index contributed by atoms with van der Waals surface area (Å²) in [6.07, 6.45) is 1.67. The normalized spacial score (nSPS) is 13.0. The minimum atomic E-state index is -3.37. The van der Waals surface area contributed by atoms with Crippen molar-refractivity contribution in [2.24, 2.45) is 4.99 Å². The number of rotatable bonds is 5. The van der Waals surface area contributed by atoms with Gasteiger partial charge in [0.2, 0.25) is 0 Å². The second-order valence-electron chi connectivity index (χ2n) is 6.00. The van der Waals surface area contributed by atoms with E-state index in [9.17, 15) is 13.6 Å². The average Bonchev–Trinajstić information content (AvgIpc) is 2.49. The summed E-state index contributed by atoms with van der Waals surface area (Å²) in [4.78, 5) is 15.7. The second-order valence-corrected chi connectivity index (χ2v) is 6.00. The van der Waals surface area contributed by atoms with Gasteiger partial charge in [0.15, 0.2) is 0 Å². The number of alkyl halides is 2. The Kier molecular flexibility index (Phi) is 6.40. The Morgan fingerprint density at radius 2 is 1.83 bits per heavy atom. The highest BCUT2D eigenvalue weighted by Gasteiger charge is 2.37. The highest BCUT2D eigenvalue weighted by Crippen LogP contribution is 2.37. The maximum atomic E-state index is 14.6. The van der Waals surface area contributed by atoms with Gasteiger partial charge in [-0.1, -0.05) is 36.9 Å². The third kappa shape index (κ3) is 5.61. The van der Waals surface area contributed by atoms with Gasteiger partial charge < -0.3 is 4.74 Å². The Balaban J connectivity index is 3.08. The fourth-order valence-corrected chi connectivity index (χ4v) is 1.74. The summed E-state index contributed by atoms with van der Waals surface area (Å²) in [7, 11) is 0. The highest BCUT2D eigenvalue weighted by atomic mass is 19.3. The summed E-state index contributed by atoms with van der Waals surface area (Å²) in [5, 5.41) is 2.29. The zero-order chi connectivity index (χ0) is 18.4. The number of amides is 1. The molecule has 1 rings (SSSR count). The van der Waals surface area contributed by atoms with Crippen molar-refractivity contribution in [3.8, 4) is 0 Å². The van der Waals surface area contributed by atoms with Gasteiger partial charge in [-0.3, -0.25) is 10.3 Å². The number of aliphatic imine (C=N–C) groups is 1. The fourth-order valence-electron chi connectivity index (χ4n) is 1.74. The van der Waals surface area contributed by atoms with E-state index in [0.717, 1.165) is 6.20 Å². The standard InChI is InChI=1S/C18H22F2N2O2/c1-6-21-12-15(22-16(23)24-17(3,4)5)13(2)18(19,20)14-10-8-7-9-11-14/h6-12H,2H2,1,3-5H3,(H,22,23)/b15-12+,21-6?. The van der Waals surface area contributed by atoms with Crippen LogP contribution >= 0.6 is 0 Å². The zero-order valence-corrected chi connectivity index (χ0v) is 14.3.